The summed E-state index contributed by atoms with van der Waals surface area (Å²) in [6.07, 6.45) is 0.322. The summed E-state index contributed by atoms with van der Waals surface area (Å²) in [5, 5.41) is 2.11. The molecule has 1 heterocycles. The lowest BCUT2D eigenvalue weighted by Crippen LogP contribution is -2.60. The number of carbonyl (C=O) groups is 2. The van der Waals surface area contributed by atoms with Crippen LogP contribution in [0.1, 0.15) is 13.3 Å². The lowest BCUT2D eigenvalue weighted by atomic mass is 10.2. The van der Waals surface area contributed by atoms with E-state index in [2.05, 4.69) is 5.32 Å². The number of sulfonamides is 1. The summed E-state index contributed by atoms with van der Waals surface area (Å²) in [5.74, 6) is -1.43. The van der Waals surface area contributed by atoms with Crippen LogP contribution in [0.3, 0.4) is 0 Å². The molecule has 1 rings (SSSR count). The Morgan fingerprint density at radius 1 is 1.50 bits per heavy atom. The number of nitrogens with zero attached hydrogens (tertiary/aromatic N) is 1. The predicted molar refractivity (Wildman–Crippen MR) is 56.8 cm³/mol. The van der Waals surface area contributed by atoms with Crippen molar-refractivity contribution in [2.24, 2.45) is 5.73 Å². The second-order valence-electron chi connectivity index (χ2n) is 3.49. The number of amides is 2. The van der Waals surface area contributed by atoms with Crippen molar-refractivity contribution < 1.29 is 18.0 Å². The highest BCUT2D eigenvalue weighted by atomic mass is 32.2. The fourth-order valence-corrected chi connectivity index (χ4v) is 3.07. The molecule has 0 bridgehead atoms. The van der Waals surface area contributed by atoms with E-state index < -0.39 is 27.9 Å². The van der Waals surface area contributed by atoms with E-state index in [1.165, 1.54) is 0 Å². The van der Waals surface area contributed by atoms with Crippen molar-refractivity contribution in [3.63, 3.8) is 0 Å². The van der Waals surface area contributed by atoms with E-state index in [4.69, 9.17) is 5.73 Å². The Labute approximate surface area is 94.0 Å². The number of imide groups is 1. The van der Waals surface area contributed by atoms with Gasteiger partial charge in [0.2, 0.25) is 21.8 Å². The minimum absolute atomic E-state index is 0.0366. The van der Waals surface area contributed by atoms with Gasteiger partial charge in [0.1, 0.15) is 6.04 Å². The van der Waals surface area contributed by atoms with Crippen LogP contribution in [0.15, 0.2) is 0 Å². The maximum absolute atomic E-state index is 11.8. The molecule has 0 aromatic rings. The Balaban J connectivity index is 2.99. The van der Waals surface area contributed by atoms with Gasteiger partial charge in [-0.15, -0.1) is 0 Å². The van der Waals surface area contributed by atoms with Crippen LogP contribution in [-0.2, 0) is 19.6 Å². The Bertz CT molecular complexity index is 392. The molecule has 0 spiro atoms. The number of carbonyl (C=O) groups excluding carboxylic acids is 2. The monoisotopic (exact) mass is 249 g/mol. The molecule has 3 N–H and O–H groups in total. The molecule has 7 nitrogen and oxygen atoms in total. The highest BCUT2D eigenvalue weighted by Gasteiger charge is 2.39. The minimum Gasteiger partial charge on any atom is -0.329 e. The predicted octanol–water partition coefficient (Wildman–Crippen LogP) is -1.99. The molecule has 2 amide bonds. The van der Waals surface area contributed by atoms with Gasteiger partial charge in [-0.25, -0.2) is 8.42 Å². The summed E-state index contributed by atoms with van der Waals surface area (Å²) in [5.41, 5.74) is 5.19. The molecule has 1 aliphatic heterocycles. The Hall–Kier alpha value is -0.990. The summed E-state index contributed by atoms with van der Waals surface area (Å²) in [6, 6.07) is -0.811. The average molecular weight is 249 g/mol. The largest absolute Gasteiger partial charge is 0.329 e. The summed E-state index contributed by atoms with van der Waals surface area (Å²) in [7, 11) is -3.63. The van der Waals surface area contributed by atoms with Crippen LogP contribution in [0.4, 0.5) is 0 Å². The van der Waals surface area contributed by atoms with Gasteiger partial charge in [0.15, 0.2) is 0 Å². The molecule has 8 heteroatoms. The summed E-state index contributed by atoms with van der Waals surface area (Å²) in [4.78, 5) is 22.6. The van der Waals surface area contributed by atoms with Gasteiger partial charge in [-0.1, -0.05) is 6.92 Å². The lowest BCUT2D eigenvalue weighted by molar-refractivity contribution is -0.137. The molecule has 0 aromatic heterocycles. The van der Waals surface area contributed by atoms with Crippen molar-refractivity contribution in [3.05, 3.63) is 0 Å². The number of nitrogens with one attached hydrogen (secondary N) is 1. The van der Waals surface area contributed by atoms with Crippen molar-refractivity contribution in [2.75, 3.05) is 18.8 Å². The Morgan fingerprint density at radius 2 is 2.12 bits per heavy atom. The second-order valence-corrected chi connectivity index (χ2v) is 5.53. The maximum Gasteiger partial charge on any atom is 0.245 e. The topological polar surface area (TPSA) is 110 Å². The number of nitrogens with two attached hydrogens (primary N) is 1. The second kappa shape index (κ2) is 4.89. The van der Waals surface area contributed by atoms with E-state index >= 15 is 0 Å². The van der Waals surface area contributed by atoms with Crippen molar-refractivity contribution in [2.45, 2.75) is 19.4 Å². The third-order valence-electron chi connectivity index (χ3n) is 2.33. The van der Waals surface area contributed by atoms with E-state index in [0.29, 0.717) is 6.42 Å². The summed E-state index contributed by atoms with van der Waals surface area (Å²) >= 11 is 0. The van der Waals surface area contributed by atoms with Crippen LogP contribution in [0, 0.1) is 0 Å². The molecule has 16 heavy (non-hydrogen) atoms. The molecule has 1 aliphatic rings. The molecule has 0 aliphatic carbocycles. The van der Waals surface area contributed by atoms with Crippen molar-refractivity contribution >= 4 is 21.8 Å². The van der Waals surface area contributed by atoms with Crippen LogP contribution in [-0.4, -0.2) is 49.4 Å². The van der Waals surface area contributed by atoms with Crippen LogP contribution >= 0.6 is 0 Å². The summed E-state index contributed by atoms with van der Waals surface area (Å²) in [6.45, 7) is 1.34. The van der Waals surface area contributed by atoms with Crippen LogP contribution in [0.5, 0.6) is 0 Å². The van der Waals surface area contributed by atoms with E-state index in [9.17, 15) is 18.0 Å². The van der Waals surface area contributed by atoms with Gasteiger partial charge in [0.05, 0.1) is 12.3 Å². The number of piperazine rings is 1. The fraction of sp³-hybridized carbons (Fsp3) is 0.750. The Morgan fingerprint density at radius 3 is 2.62 bits per heavy atom. The van der Waals surface area contributed by atoms with Crippen LogP contribution in [0.25, 0.3) is 0 Å². The van der Waals surface area contributed by atoms with E-state index in [1.807, 2.05) is 0 Å². The van der Waals surface area contributed by atoms with E-state index in [-0.39, 0.29) is 18.8 Å². The Kier molecular flexibility index (Phi) is 4.00. The molecule has 1 atom stereocenters. The van der Waals surface area contributed by atoms with Crippen molar-refractivity contribution in [3.8, 4) is 0 Å². The molecular formula is C8H15N3O4S. The zero-order chi connectivity index (χ0) is 12.3. The summed E-state index contributed by atoms with van der Waals surface area (Å²) < 4.78 is 24.5. The van der Waals surface area contributed by atoms with Gasteiger partial charge in [0, 0.05) is 6.54 Å². The zero-order valence-corrected chi connectivity index (χ0v) is 9.79. The standard InChI is InChI=1S/C8H15N3O4S/c1-2-6-8(13)10-7(12)5-11(6)16(14,15)4-3-9/h6H,2-5,9H2,1H3,(H,10,12,13). The molecular weight excluding hydrogens is 234 g/mol. The van der Waals surface area contributed by atoms with Gasteiger partial charge >= 0.3 is 0 Å². The van der Waals surface area contributed by atoms with Gasteiger partial charge in [-0.05, 0) is 6.42 Å². The highest BCUT2D eigenvalue weighted by molar-refractivity contribution is 7.89. The number of hydrogen-bond acceptors (Lipinski definition) is 5. The number of rotatable bonds is 4. The van der Waals surface area contributed by atoms with E-state index in [0.717, 1.165) is 4.31 Å². The molecule has 0 saturated carbocycles. The molecule has 92 valence electrons. The first kappa shape index (κ1) is 13.1. The molecule has 1 unspecified atom stereocenters. The number of hydrogen-bond donors (Lipinski definition) is 2. The first-order valence-electron chi connectivity index (χ1n) is 4.95. The molecule has 0 radical (unpaired) electrons. The van der Waals surface area contributed by atoms with E-state index in [1.54, 1.807) is 6.92 Å². The van der Waals surface area contributed by atoms with Gasteiger partial charge in [0.25, 0.3) is 0 Å². The molecule has 0 aromatic carbocycles. The highest BCUT2D eigenvalue weighted by Crippen LogP contribution is 2.14. The first-order chi connectivity index (χ1) is 7.42. The normalized spacial score (nSPS) is 23.2. The molecule has 1 fully saturated rings. The van der Waals surface area contributed by atoms with Crippen molar-refractivity contribution in [1.29, 1.82) is 0 Å². The SMILES string of the molecule is CCC1C(=O)NC(=O)CN1S(=O)(=O)CCN. The van der Waals surface area contributed by atoms with Gasteiger partial charge in [-0.2, -0.15) is 4.31 Å². The third-order valence-corrected chi connectivity index (χ3v) is 4.18. The third kappa shape index (κ3) is 2.57. The van der Waals surface area contributed by atoms with Crippen LogP contribution < -0.4 is 11.1 Å². The van der Waals surface area contributed by atoms with Gasteiger partial charge < -0.3 is 5.73 Å². The van der Waals surface area contributed by atoms with Crippen molar-refractivity contribution in [1.82, 2.24) is 9.62 Å². The zero-order valence-electron chi connectivity index (χ0n) is 8.97. The maximum atomic E-state index is 11.8. The van der Waals surface area contributed by atoms with Crippen LogP contribution in [0.2, 0.25) is 0 Å². The smallest absolute Gasteiger partial charge is 0.245 e. The molecule has 1 saturated heterocycles. The fourth-order valence-electron chi connectivity index (χ4n) is 1.59. The van der Waals surface area contributed by atoms with Gasteiger partial charge in [-0.3, -0.25) is 14.9 Å². The quantitative estimate of drug-likeness (QED) is 0.561. The first-order valence-corrected chi connectivity index (χ1v) is 6.56. The average Bonchev–Trinajstić information content (AvgIpc) is 2.16. The lowest BCUT2D eigenvalue weighted by Gasteiger charge is -2.32. The minimum atomic E-state index is -3.63.